The summed E-state index contributed by atoms with van der Waals surface area (Å²) in [7, 11) is 0. The van der Waals surface area contributed by atoms with Crippen LogP contribution in [0.4, 0.5) is 0 Å². The molecule has 1 atom stereocenters. The summed E-state index contributed by atoms with van der Waals surface area (Å²) in [6, 6.07) is 5.59. The van der Waals surface area contributed by atoms with Crippen molar-refractivity contribution in [3.63, 3.8) is 0 Å². The second-order valence-electron chi connectivity index (χ2n) is 5.84. The fourth-order valence-corrected chi connectivity index (χ4v) is 3.44. The predicted molar refractivity (Wildman–Crippen MR) is 91.9 cm³/mol. The van der Waals surface area contributed by atoms with E-state index in [1.54, 1.807) is 0 Å². The number of aromatic nitrogens is 1. The minimum Gasteiger partial charge on any atom is -0.360 e. The van der Waals surface area contributed by atoms with Crippen molar-refractivity contribution in [3.8, 4) is 0 Å². The Balaban J connectivity index is 1.96. The van der Waals surface area contributed by atoms with Gasteiger partial charge in [0.25, 0.3) is 0 Å². The van der Waals surface area contributed by atoms with Crippen LogP contribution >= 0.6 is 15.9 Å². The topological polar surface area (TPSA) is 60.2 Å². The summed E-state index contributed by atoms with van der Waals surface area (Å²) in [5.41, 5.74) is 2.08. The fourth-order valence-electron chi connectivity index (χ4n) is 2.65. The van der Waals surface area contributed by atoms with Crippen molar-refractivity contribution < 1.29 is 13.5 Å². The van der Waals surface area contributed by atoms with E-state index < -0.39 is 0 Å². The van der Waals surface area contributed by atoms with Gasteiger partial charge in [0.15, 0.2) is 11.5 Å². The summed E-state index contributed by atoms with van der Waals surface area (Å²) in [4.78, 5) is 13.0. The van der Waals surface area contributed by atoms with Gasteiger partial charge in [-0.05, 0) is 36.6 Å². The summed E-state index contributed by atoms with van der Waals surface area (Å²) in [5, 5.41) is 3.77. The zero-order valence-electron chi connectivity index (χ0n) is 12.8. The van der Waals surface area contributed by atoms with Gasteiger partial charge in [-0.2, -0.15) is 0 Å². The lowest BCUT2D eigenvalue weighted by atomic mass is 9.95. The molecule has 23 heavy (non-hydrogen) atoms. The third kappa shape index (κ3) is 3.58. The molecule has 0 bridgehead atoms. The highest BCUT2D eigenvalue weighted by Crippen LogP contribution is 2.42. The number of rotatable bonds is 7. The molecule has 3 rings (SSSR count). The van der Waals surface area contributed by atoms with E-state index >= 15 is 0 Å². The third-order valence-electron chi connectivity index (χ3n) is 4.14. The molecule has 120 valence electrons. The summed E-state index contributed by atoms with van der Waals surface area (Å²) in [5.74, 6) is 0.964. The van der Waals surface area contributed by atoms with Crippen LogP contribution in [-0.2, 0) is 22.3 Å². The second-order valence-corrected chi connectivity index (χ2v) is 7.61. The van der Waals surface area contributed by atoms with E-state index in [0.717, 1.165) is 29.3 Å². The molecule has 2 aromatic rings. The van der Waals surface area contributed by atoms with Gasteiger partial charge in [0, 0.05) is 33.0 Å². The van der Waals surface area contributed by atoms with E-state index in [1.165, 1.54) is 6.20 Å². The van der Waals surface area contributed by atoms with Crippen molar-refractivity contribution in [1.29, 1.82) is 0 Å². The second kappa shape index (κ2) is 7.01. The molecular weight excluding hydrogens is 378 g/mol. The fraction of sp³-hybridized carbons (Fsp3) is 0.412. The van der Waals surface area contributed by atoms with Crippen molar-refractivity contribution in [2.45, 2.75) is 43.8 Å². The lowest BCUT2D eigenvalue weighted by Gasteiger charge is -2.09. The molecule has 1 aliphatic carbocycles. The molecule has 1 fully saturated rings. The first-order valence-electron chi connectivity index (χ1n) is 7.70. The monoisotopic (exact) mass is 394 g/mol. The molecule has 0 spiro atoms. The Morgan fingerprint density at radius 2 is 2.22 bits per heavy atom. The van der Waals surface area contributed by atoms with E-state index in [-0.39, 0.29) is 11.0 Å². The van der Waals surface area contributed by atoms with Gasteiger partial charge in [0.2, 0.25) is 5.25 Å². The summed E-state index contributed by atoms with van der Waals surface area (Å²) in [6.45, 7) is 1.99. The minimum atomic E-state index is -0.0681. The SMILES string of the molecule is CCC(Cc1cc(Br)ccc1C(=O)c1cnoc1C1CC1)[S+]=O. The number of carbonyl (C=O) groups is 1. The van der Waals surface area contributed by atoms with Crippen molar-refractivity contribution in [1.82, 2.24) is 5.16 Å². The largest absolute Gasteiger partial charge is 0.462 e. The lowest BCUT2D eigenvalue weighted by molar-refractivity contribution is 0.103. The number of benzene rings is 1. The van der Waals surface area contributed by atoms with Gasteiger partial charge in [-0.3, -0.25) is 4.79 Å². The van der Waals surface area contributed by atoms with E-state index in [1.807, 2.05) is 25.1 Å². The molecule has 1 heterocycles. The molecule has 1 aliphatic rings. The van der Waals surface area contributed by atoms with Crippen LogP contribution in [0.25, 0.3) is 0 Å². The Morgan fingerprint density at radius 3 is 2.87 bits per heavy atom. The third-order valence-corrected chi connectivity index (χ3v) is 5.41. The van der Waals surface area contributed by atoms with Crippen LogP contribution in [0.15, 0.2) is 33.4 Å². The first-order chi connectivity index (χ1) is 11.1. The van der Waals surface area contributed by atoms with Gasteiger partial charge in [0.05, 0.1) is 11.8 Å². The summed E-state index contributed by atoms with van der Waals surface area (Å²) in [6.07, 6.45) is 4.96. The minimum absolute atomic E-state index is 0.0405. The van der Waals surface area contributed by atoms with Crippen molar-refractivity contribution in [3.05, 3.63) is 51.3 Å². The van der Waals surface area contributed by atoms with Gasteiger partial charge < -0.3 is 4.52 Å². The molecule has 4 nitrogen and oxygen atoms in total. The number of nitrogens with zero attached hydrogens (tertiary/aromatic N) is 1. The summed E-state index contributed by atoms with van der Waals surface area (Å²) < 4.78 is 17.4. The van der Waals surface area contributed by atoms with Crippen molar-refractivity contribution in [2.24, 2.45) is 0 Å². The molecule has 1 saturated carbocycles. The van der Waals surface area contributed by atoms with Crippen LogP contribution in [0.5, 0.6) is 0 Å². The molecule has 0 radical (unpaired) electrons. The van der Waals surface area contributed by atoms with Gasteiger partial charge in [-0.15, -0.1) is 0 Å². The van der Waals surface area contributed by atoms with Crippen LogP contribution in [0.3, 0.4) is 0 Å². The first-order valence-corrected chi connectivity index (χ1v) is 9.30. The number of hydrogen-bond donors (Lipinski definition) is 0. The highest BCUT2D eigenvalue weighted by molar-refractivity contribution is 9.10. The molecule has 1 unspecified atom stereocenters. The molecule has 1 aromatic heterocycles. The number of ketones is 1. The highest BCUT2D eigenvalue weighted by Gasteiger charge is 2.33. The van der Waals surface area contributed by atoms with E-state index in [0.29, 0.717) is 40.9 Å². The maximum atomic E-state index is 13.0. The number of hydrogen-bond acceptors (Lipinski definition) is 4. The lowest BCUT2D eigenvalue weighted by Crippen LogP contribution is -2.13. The zero-order valence-corrected chi connectivity index (χ0v) is 15.2. The molecule has 0 amide bonds. The smallest absolute Gasteiger partial charge is 0.360 e. The Morgan fingerprint density at radius 1 is 1.43 bits per heavy atom. The van der Waals surface area contributed by atoms with E-state index in [9.17, 15) is 9.00 Å². The molecule has 0 N–H and O–H groups in total. The zero-order chi connectivity index (χ0) is 16.4. The molecule has 0 saturated heterocycles. The number of carbonyl (C=O) groups excluding carboxylic acids is 1. The van der Waals surface area contributed by atoms with Gasteiger partial charge in [-0.25, -0.2) is 0 Å². The van der Waals surface area contributed by atoms with Crippen LogP contribution in [0.2, 0.25) is 0 Å². The molecular formula is C17H17BrNO3S+. The van der Waals surface area contributed by atoms with Crippen LogP contribution < -0.4 is 0 Å². The Hall–Kier alpha value is -1.40. The van der Waals surface area contributed by atoms with Gasteiger partial charge >= 0.3 is 11.7 Å². The Bertz CT molecular complexity index is 739. The van der Waals surface area contributed by atoms with E-state index in [4.69, 9.17) is 4.52 Å². The van der Waals surface area contributed by atoms with Crippen molar-refractivity contribution in [2.75, 3.05) is 0 Å². The van der Waals surface area contributed by atoms with Gasteiger partial charge in [0.1, 0.15) is 0 Å². The summed E-state index contributed by atoms with van der Waals surface area (Å²) >= 11 is 4.05. The predicted octanol–water partition coefficient (Wildman–Crippen LogP) is 4.29. The average Bonchev–Trinajstić information content (AvgIpc) is 3.29. The maximum absolute atomic E-state index is 13.0. The van der Waals surface area contributed by atoms with Crippen LogP contribution in [0.1, 0.15) is 59.3 Å². The maximum Gasteiger partial charge on any atom is 0.462 e. The van der Waals surface area contributed by atoms with Crippen LogP contribution in [-0.4, -0.2) is 16.2 Å². The molecule has 6 heteroatoms. The molecule has 0 aliphatic heterocycles. The highest BCUT2D eigenvalue weighted by atomic mass is 79.9. The Labute approximate surface area is 147 Å². The molecule has 1 aromatic carbocycles. The quantitative estimate of drug-likeness (QED) is 0.518. The van der Waals surface area contributed by atoms with E-state index in [2.05, 4.69) is 21.1 Å². The van der Waals surface area contributed by atoms with Gasteiger partial charge in [-0.1, -0.05) is 28.0 Å². The Kier molecular flexibility index (Phi) is 5.02. The van der Waals surface area contributed by atoms with Crippen molar-refractivity contribution >= 4 is 33.4 Å². The first kappa shape index (κ1) is 16.5. The number of halogens is 1. The van der Waals surface area contributed by atoms with Crippen LogP contribution in [0, 0.1) is 0 Å². The normalized spacial score (nSPS) is 15.4. The average molecular weight is 395 g/mol. The standard InChI is InChI=1S/C17H17BrNO3S/c1-2-13(23-21)8-11-7-12(18)5-6-14(11)16(20)15-9-19-22-17(15)10-3-4-10/h5-7,9-10,13H,2-4,8H2,1H3/q+1.